The van der Waals surface area contributed by atoms with Gasteiger partial charge < -0.3 is 5.11 Å². The molecule has 2 rings (SSSR count). The Kier molecular flexibility index (Phi) is 1.22. The summed E-state index contributed by atoms with van der Waals surface area (Å²) in [5, 5.41) is 8.97. The zero-order valence-corrected chi connectivity index (χ0v) is 5.84. The molecule has 0 spiro atoms. The van der Waals surface area contributed by atoms with Gasteiger partial charge in [0, 0.05) is 5.56 Å². The van der Waals surface area contributed by atoms with E-state index in [-0.39, 0.29) is 5.75 Å². The normalized spacial score (nSPS) is 13.5. The molecule has 0 heterocycles. The highest BCUT2D eigenvalue weighted by atomic mass is 19.1. The zero-order valence-electron chi connectivity index (χ0n) is 5.84. The molecule has 0 fully saturated rings. The van der Waals surface area contributed by atoms with Crippen molar-refractivity contribution in [3.8, 4) is 5.75 Å². The molecule has 0 saturated carbocycles. The molecule has 0 aromatic heterocycles. The van der Waals surface area contributed by atoms with Crippen molar-refractivity contribution in [2.45, 2.75) is 6.42 Å². The van der Waals surface area contributed by atoms with Crippen LogP contribution in [0.25, 0.3) is 6.08 Å². The third-order valence-corrected chi connectivity index (χ3v) is 1.87. The maximum Gasteiger partial charge on any atom is 0.172 e. The highest BCUT2D eigenvalue weighted by Crippen LogP contribution is 2.27. The summed E-state index contributed by atoms with van der Waals surface area (Å²) in [5.41, 5.74) is 1.48. The zero-order chi connectivity index (χ0) is 7.84. The monoisotopic (exact) mass is 150 g/mol. The quantitative estimate of drug-likeness (QED) is 0.600. The first-order chi connectivity index (χ1) is 5.29. The van der Waals surface area contributed by atoms with Crippen molar-refractivity contribution in [2.24, 2.45) is 0 Å². The van der Waals surface area contributed by atoms with E-state index in [0.717, 1.165) is 12.0 Å². The number of rotatable bonds is 0. The molecular formula is C9H7FO. The second-order valence-corrected chi connectivity index (χ2v) is 2.58. The van der Waals surface area contributed by atoms with E-state index in [4.69, 9.17) is 5.11 Å². The SMILES string of the molecule is Oc1ccc2c(c1F)C=CC2. The van der Waals surface area contributed by atoms with Crippen molar-refractivity contribution in [3.63, 3.8) is 0 Å². The Morgan fingerprint density at radius 3 is 3.00 bits per heavy atom. The Hall–Kier alpha value is -1.31. The number of hydrogen-bond donors (Lipinski definition) is 1. The molecule has 2 heteroatoms. The Labute approximate surface area is 63.8 Å². The van der Waals surface area contributed by atoms with Gasteiger partial charge in [0.15, 0.2) is 11.6 Å². The van der Waals surface area contributed by atoms with Gasteiger partial charge in [-0.05, 0) is 18.1 Å². The fourth-order valence-electron chi connectivity index (χ4n) is 1.28. The molecule has 1 aromatic rings. The number of fused-ring (bicyclic) bond motifs is 1. The number of halogens is 1. The van der Waals surface area contributed by atoms with Crippen LogP contribution in [0.5, 0.6) is 5.75 Å². The van der Waals surface area contributed by atoms with Crippen molar-refractivity contribution in [1.29, 1.82) is 0 Å². The van der Waals surface area contributed by atoms with E-state index < -0.39 is 5.82 Å². The molecule has 1 aliphatic carbocycles. The lowest BCUT2D eigenvalue weighted by Crippen LogP contribution is -1.86. The summed E-state index contributed by atoms with van der Waals surface area (Å²) in [5.74, 6) is -0.772. The van der Waals surface area contributed by atoms with Crippen LogP contribution in [0.1, 0.15) is 11.1 Å². The van der Waals surface area contributed by atoms with Crippen molar-refractivity contribution in [1.82, 2.24) is 0 Å². The van der Waals surface area contributed by atoms with Crippen molar-refractivity contribution >= 4 is 6.08 Å². The first kappa shape index (κ1) is 6.40. The maximum atomic E-state index is 13.0. The van der Waals surface area contributed by atoms with Crippen LogP contribution >= 0.6 is 0 Å². The first-order valence-corrected chi connectivity index (χ1v) is 3.46. The molecule has 11 heavy (non-hydrogen) atoms. The van der Waals surface area contributed by atoms with Crippen LogP contribution in [0, 0.1) is 5.82 Å². The minimum atomic E-state index is -0.503. The van der Waals surface area contributed by atoms with Gasteiger partial charge in [-0.3, -0.25) is 0 Å². The van der Waals surface area contributed by atoms with Gasteiger partial charge in [-0.25, -0.2) is 4.39 Å². The Morgan fingerprint density at radius 2 is 2.18 bits per heavy atom. The van der Waals surface area contributed by atoms with Crippen molar-refractivity contribution in [2.75, 3.05) is 0 Å². The predicted octanol–water partition coefficient (Wildman–Crippen LogP) is 2.10. The summed E-state index contributed by atoms with van der Waals surface area (Å²) in [7, 11) is 0. The summed E-state index contributed by atoms with van der Waals surface area (Å²) in [4.78, 5) is 0. The number of allylic oxidation sites excluding steroid dienone is 1. The van der Waals surface area contributed by atoms with E-state index in [1.807, 2.05) is 6.08 Å². The topological polar surface area (TPSA) is 20.2 Å². The summed E-state index contributed by atoms with van der Waals surface area (Å²) in [6, 6.07) is 3.13. The van der Waals surface area contributed by atoms with Crippen LogP contribution in [0.15, 0.2) is 18.2 Å². The van der Waals surface area contributed by atoms with Crippen LogP contribution in [-0.4, -0.2) is 5.11 Å². The second-order valence-electron chi connectivity index (χ2n) is 2.58. The third-order valence-electron chi connectivity index (χ3n) is 1.87. The number of hydrogen-bond acceptors (Lipinski definition) is 1. The molecule has 0 aliphatic heterocycles. The highest BCUT2D eigenvalue weighted by molar-refractivity contribution is 5.62. The molecule has 0 radical (unpaired) electrons. The third kappa shape index (κ3) is 0.827. The summed E-state index contributed by atoms with van der Waals surface area (Å²) in [6.45, 7) is 0. The highest BCUT2D eigenvalue weighted by Gasteiger charge is 2.12. The lowest BCUT2D eigenvalue weighted by atomic mass is 10.1. The molecule has 1 N–H and O–H groups in total. The van der Waals surface area contributed by atoms with Gasteiger partial charge in [0.25, 0.3) is 0 Å². The lowest BCUT2D eigenvalue weighted by Gasteiger charge is -2.00. The minimum absolute atomic E-state index is 0.268. The van der Waals surface area contributed by atoms with Crippen molar-refractivity contribution in [3.05, 3.63) is 35.2 Å². The molecule has 0 atom stereocenters. The predicted molar refractivity (Wildman–Crippen MR) is 40.8 cm³/mol. The fraction of sp³-hybridized carbons (Fsp3) is 0.111. The molecule has 56 valence electrons. The average molecular weight is 150 g/mol. The van der Waals surface area contributed by atoms with E-state index in [9.17, 15) is 4.39 Å². The minimum Gasteiger partial charge on any atom is -0.505 e. The number of phenolic OH excluding ortho intramolecular Hbond substituents is 1. The standard InChI is InChI=1S/C9H7FO/c10-9-7-3-1-2-6(7)4-5-8(9)11/h1,3-5,11H,2H2. The molecule has 0 amide bonds. The number of aromatic hydroxyl groups is 1. The van der Waals surface area contributed by atoms with Gasteiger partial charge in [-0.15, -0.1) is 0 Å². The van der Waals surface area contributed by atoms with E-state index in [1.54, 1.807) is 12.1 Å². The maximum absolute atomic E-state index is 13.0. The van der Waals surface area contributed by atoms with Crippen molar-refractivity contribution < 1.29 is 9.50 Å². The second kappa shape index (κ2) is 2.09. The number of phenols is 1. The van der Waals surface area contributed by atoms with Gasteiger partial charge in [0.2, 0.25) is 0 Å². The summed E-state index contributed by atoms with van der Waals surface area (Å²) < 4.78 is 13.0. The summed E-state index contributed by atoms with van der Waals surface area (Å²) >= 11 is 0. The van der Waals surface area contributed by atoms with Gasteiger partial charge in [-0.2, -0.15) is 0 Å². The van der Waals surface area contributed by atoms with Gasteiger partial charge in [0.1, 0.15) is 0 Å². The number of benzene rings is 1. The average Bonchev–Trinajstić information content (AvgIpc) is 2.45. The van der Waals surface area contributed by atoms with Crippen LogP contribution in [0.2, 0.25) is 0 Å². The van der Waals surface area contributed by atoms with Crippen LogP contribution in [0.4, 0.5) is 4.39 Å². The van der Waals surface area contributed by atoms with E-state index in [0.29, 0.717) is 5.56 Å². The first-order valence-electron chi connectivity index (χ1n) is 3.46. The largest absolute Gasteiger partial charge is 0.505 e. The Balaban J connectivity index is 2.70. The van der Waals surface area contributed by atoms with Gasteiger partial charge in [-0.1, -0.05) is 18.2 Å². The smallest absolute Gasteiger partial charge is 0.172 e. The molecule has 1 aromatic carbocycles. The molecule has 0 bridgehead atoms. The fourth-order valence-corrected chi connectivity index (χ4v) is 1.28. The van der Waals surface area contributed by atoms with E-state index >= 15 is 0 Å². The van der Waals surface area contributed by atoms with Crippen LogP contribution < -0.4 is 0 Å². The van der Waals surface area contributed by atoms with E-state index in [1.165, 1.54) is 6.07 Å². The van der Waals surface area contributed by atoms with Gasteiger partial charge >= 0.3 is 0 Å². The molecule has 1 aliphatic rings. The Morgan fingerprint density at radius 1 is 1.36 bits per heavy atom. The molecule has 0 unspecified atom stereocenters. The van der Waals surface area contributed by atoms with Crippen LogP contribution in [-0.2, 0) is 6.42 Å². The van der Waals surface area contributed by atoms with Crippen LogP contribution in [0.3, 0.4) is 0 Å². The lowest BCUT2D eigenvalue weighted by molar-refractivity contribution is 0.431. The van der Waals surface area contributed by atoms with Gasteiger partial charge in [0.05, 0.1) is 0 Å². The van der Waals surface area contributed by atoms with E-state index in [2.05, 4.69) is 0 Å². The summed E-state index contributed by atoms with van der Waals surface area (Å²) in [6.07, 6.45) is 4.35. The Bertz CT molecular complexity index is 329. The molecule has 0 saturated heterocycles. The molecular weight excluding hydrogens is 143 g/mol. The molecule has 1 nitrogen and oxygen atoms in total.